The maximum absolute atomic E-state index is 11.4. The molecule has 4 N–H and O–H groups in total. The van der Waals surface area contributed by atoms with Gasteiger partial charge in [-0.2, -0.15) is 0 Å². The maximum Gasteiger partial charge on any atom is 0.348 e. The van der Waals surface area contributed by atoms with Crippen molar-refractivity contribution in [3.8, 4) is 11.3 Å². The molecule has 2 aromatic rings. The summed E-state index contributed by atoms with van der Waals surface area (Å²) >= 11 is 0.933. The van der Waals surface area contributed by atoms with Crippen LogP contribution in [0.25, 0.3) is 11.3 Å². The lowest BCUT2D eigenvalue weighted by Crippen LogP contribution is -2.08. The minimum atomic E-state index is -1.08. The number of nitrogens with one attached hydrogen (secondary N) is 1. The molecule has 0 saturated carbocycles. The molecule has 0 atom stereocenters. The predicted molar refractivity (Wildman–Crippen MR) is 82.6 cm³/mol. The molecule has 1 heterocycles. The molecule has 0 aliphatic rings. The van der Waals surface area contributed by atoms with Gasteiger partial charge in [0.2, 0.25) is 5.91 Å². The molecular weight excluding hydrogens is 290 g/mol. The lowest BCUT2D eigenvalue weighted by atomic mass is 10.1. The van der Waals surface area contributed by atoms with Crippen molar-refractivity contribution in [2.75, 3.05) is 11.1 Å². The van der Waals surface area contributed by atoms with Crippen molar-refractivity contribution in [2.45, 2.75) is 20.3 Å². The van der Waals surface area contributed by atoms with Crippen LogP contribution in [0.5, 0.6) is 0 Å². The van der Waals surface area contributed by atoms with Crippen LogP contribution >= 0.6 is 11.3 Å². The number of benzene rings is 1. The van der Waals surface area contributed by atoms with Gasteiger partial charge in [-0.3, -0.25) is 4.79 Å². The van der Waals surface area contributed by atoms with Crippen LogP contribution in [0.1, 0.15) is 28.6 Å². The number of nitrogens with zero attached hydrogens (tertiary/aromatic N) is 1. The van der Waals surface area contributed by atoms with E-state index in [2.05, 4.69) is 10.3 Å². The first kappa shape index (κ1) is 15.0. The number of hydrogen-bond acceptors (Lipinski definition) is 5. The minimum Gasteiger partial charge on any atom is -0.477 e. The standard InChI is InChI=1S/C14H15N3O3S/c1-3-10(18)16-14-17-11(12(21-14)13(19)20)8-5-4-7(2)9(15)6-8/h4-6H,3,15H2,1-2H3,(H,19,20)(H,16,17,18). The highest BCUT2D eigenvalue weighted by atomic mass is 32.1. The lowest BCUT2D eigenvalue weighted by molar-refractivity contribution is -0.115. The topological polar surface area (TPSA) is 105 Å². The smallest absolute Gasteiger partial charge is 0.348 e. The van der Waals surface area contributed by atoms with Crippen LogP contribution in [-0.4, -0.2) is 22.0 Å². The van der Waals surface area contributed by atoms with Gasteiger partial charge in [-0.25, -0.2) is 9.78 Å². The molecule has 0 saturated heterocycles. The van der Waals surface area contributed by atoms with Gasteiger partial charge >= 0.3 is 5.97 Å². The van der Waals surface area contributed by atoms with Crippen LogP contribution in [0, 0.1) is 6.92 Å². The summed E-state index contributed by atoms with van der Waals surface area (Å²) in [6, 6.07) is 5.25. The second-order valence-electron chi connectivity index (χ2n) is 4.47. The number of aromatic nitrogens is 1. The summed E-state index contributed by atoms with van der Waals surface area (Å²) in [7, 11) is 0. The third-order valence-corrected chi connectivity index (χ3v) is 3.90. The number of aromatic carboxylic acids is 1. The molecule has 21 heavy (non-hydrogen) atoms. The molecule has 0 spiro atoms. The quantitative estimate of drug-likeness (QED) is 0.753. The Morgan fingerprint density at radius 1 is 1.43 bits per heavy atom. The van der Waals surface area contributed by atoms with Gasteiger partial charge in [0.1, 0.15) is 4.88 Å². The summed E-state index contributed by atoms with van der Waals surface area (Å²) in [5.41, 5.74) is 8.25. The van der Waals surface area contributed by atoms with Gasteiger partial charge in [0.15, 0.2) is 5.13 Å². The van der Waals surface area contributed by atoms with Gasteiger partial charge in [0.25, 0.3) is 0 Å². The number of aryl methyl sites for hydroxylation is 1. The number of amides is 1. The number of thiazole rings is 1. The summed E-state index contributed by atoms with van der Waals surface area (Å²) in [6.07, 6.45) is 0.300. The Hall–Kier alpha value is -2.41. The molecule has 0 fully saturated rings. The first-order valence-corrected chi connectivity index (χ1v) is 7.14. The van der Waals surface area contributed by atoms with Crippen molar-refractivity contribution in [2.24, 2.45) is 0 Å². The number of hydrogen-bond donors (Lipinski definition) is 3. The number of anilines is 2. The molecule has 0 radical (unpaired) electrons. The summed E-state index contributed by atoms with van der Waals surface area (Å²) < 4.78 is 0. The van der Waals surface area contributed by atoms with Crippen molar-refractivity contribution < 1.29 is 14.7 Å². The molecule has 2 rings (SSSR count). The molecule has 6 nitrogen and oxygen atoms in total. The Kier molecular flexibility index (Phi) is 4.23. The largest absolute Gasteiger partial charge is 0.477 e. The number of carboxylic acid groups (broad SMARTS) is 1. The van der Waals surface area contributed by atoms with E-state index >= 15 is 0 Å². The Morgan fingerprint density at radius 2 is 2.14 bits per heavy atom. The number of carbonyl (C=O) groups excluding carboxylic acids is 1. The van der Waals surface area contributed by atoms with Crippen LogP contribution in [-0.2, 0) is 4.79 Å². The van der Waals surface area contributed by atoms with Gasteiger partial charge in [-0.05, 0) is 18.6 Å². The van der Waals surface area contributed by atoms with Crippen LogP contribution in [0.3, 0.4) is 0 Å². The summed E-state index contributed by atoms with van der Waals surface area (Å²) in [4.78, 5) is 27.0. The van der Waals surface area contributed by atoms with Crippen LogP contribution in [0.2, 0.25) is 0 Å². The molecule has 0 aliphatic heterocycles. The Bertz CT molecular complexity index is 709. The first-order valence-electron chi connectivity index (χ1n) is 6.32. The Balaban J connectivity index is 2.48. The normalized spacial score (nSPS) is 10.4. The fourth-order valence-electron chi connectivity index (χ4n) is 1.71. The van der Waals surface area contributed by atoms with Crippen molar-refractivity contribution in [1.82, 2.24) is 4.98 Å². The molecule has 1 amide bonds. The predicted octanol–water partition coefficient (Wildman–Crippen LogP) is 2.75. The minimum absolute atomic E-state index is 0.0738. The number of carbonyl (C=O) groups is 2. The summed E-state index contributed by atoms with van der Waals surface area (Å²) in [6.45, 7) is 3.58. The van der Waals surface area contributed by atoms with E-state index in [0.717, 1.165) is 16.9 Å². The van der Waals surface area contributed by atoms with E-state index in [1.807, 2.05) is 6.92 Å². The van der Waals surface area contributed by atoms with Crippen molar-refractivity contribution >= 4 is 34.0 Å². The molecule has 0 bridgehead atoms. The summed E-state index contributed by atoms with van der Waals surface area (Å²) in [5.74, 6) is -1.30. The zero-order valence-electron chi connectivity index (χ0n) is 11.6. The average molecular weight is 305 g/mol. The van der Waals surface area contributed by atoms with Crippen LogP contribution in [0.4, 0.5) is 10.8 Å². The van der Waals surface area contributed by atoms with Gasteiger partial charge in [-0.15, -0.1) is 0 Å². The zero-order chi connectivity index (χ0) is 15.6. The van der Waals surface area contributed by atoms with E-state index in [-0.39, 0.29) is 15.9 Å². The van der Waals surface area contributed by atoms with E-state index in [9.17, 15) is 14.7 Å². The number of nitrogens with two attached hydrogens (primary N) is 1. The summed E-state index contributed by atoms with van der Waals surface area (Å²) in [5, 5.41) is 12.1. The third-order valence-electron chi connectivity index (χ3n) is 2.94. The fraction of sp³-hybridized carbons (Fsp3) is 0.214. The maximum atomic E-state index is 11.4. The van der Waals surface area contributed by atoms with E-state index in [4.69, 9.17) is 5.73 Å². The van der Waals surface area contributed by atoms with E-state index in [1.165, 1.54) is 0 Å². The lowest BCUT2D eigenvalue weighted by Gasteiger charge is -2.03. The van der Waals surface area contributed by atoms with Crippen molar-refractivity contribution in [1.29, 1.82) is 0 Å². The molecule has 1 aromatic heterocycles. The first-order chi connectivity index (χ1) is 9.92. The van der Waals surface area contributed by atoms with E-state index < -0.39 is 5.97 Å². The Labute approximate surface area is 125 Å². The monoisotopic (exact) mass is 305 g/mol. The molecule has 0 aliphatic carbocycles. The second-order valence-corrected chi connectivity index (χ2v) is 5.47. The van der Waals surface area contributed by atoms with Crippen molar-refractivity contribution in [3.63, 3.8) is 0 Å². The number of nitrogen functional groups attached to an aromatic ring is 1. The molecule has 0 unspecified atom stereocenters. The second kappa shape index (κ2) is 5.92. The fourth-order valence-corrected chi connectivity index (χ4v) is 2.55. The highest BCUT2D eigenvalue weighted by Crippen LogP contribution is 2.32. The van der Waals surface area contributed by atoms with E-state index in [0.29, 0.717) is 23.4 Å². The van der Waals surface area contributed by atoms with Crippen LogP contribution in [0.15, 0.2) is 18.2 Å². The molecular formula is C14H15N3O3S. The Morgan fingerprint density at radius 3 is 2.71 bits per heavy atom. The van der Waals surface area contributed by atoms with Crippen molar-refractivity contribution in [3.05, 3.63) is 28.6 Å². The SMILES string of the molecule is CCC(=O)Nc1nc(-c2ccc(C)c(N)c2)c(C(=O)O)s1. The highest BCUT2D eigenvalue weighted by Gasteiger charge is 2.20. The average Bonchev–Trinajstić information content (AvgIpc) is 2.85. The van der Waals surface area contributed by atoms with Gasteiger partial charge < -0.3 is 16.2 Å². The number of rotatable bonds is 4. The molecule has 1 aromatic carbocycles. The van der Waals surface area contributed by atoms with Gasteiger partial charge in [0.05, 0.1) is 5.69 Å². The zero-order valence-corrected chi connectivity index (χ0v) is 12.5. The molecule has 7 heteroatoms. The van der Waals surface area contributed by atoms with Gasteiger partial charge in [0, 0.05) is 17.7 Å². The van der Waals surface area contributed by atoms with Crippen LogP contribution < -0.4 is 11.1 Å². The van der Waals surface area contributed by atoms with Gasteiger partial charge in [-0.1, -0.05) is 30.4 Å². The van der Waals surface area contributed by atoms with E-state index in [1.54, 1.807) is 25.1 Å². The number of carboxylic acids is 1. The molecule has 110 valence electrons. The third kappa shape index (κ3) is 3.19. The highest BCUT2D eigenvalue weighted by molar-refractivity contribution is 7.18.